The van der Waals surface area contributed by atoms with Gasteiger partial charge in [0.15, 0.2) is 0 Å². The van der Waals surface area contributed by atoms with Crippen molar-refractivity contribution >= 4 is 22.4 Å². The zero-order valence-corrected chi connectivity index (χ0v) is 21.2. The zero-order valence-electron chi connectivity index (χ0n) is 21.2. The van der Waals surface area contributed by atoms with Crippen molar-refractivity contribution in [3.05, 3.63) is 84.0 Å². The summed E-state index contributed by atoms with van der Waals surface area (Å²) in [4.78, 5) is 11.5. The van der Waals surface area contributed by atoms with Crippen LogP contribution in [0.15, 0.2) is 55.6 Å². The Morgan fingerprint density at radius 1 is 1.18 bits per heavy atom. The lowest BCUT2D eigenvalue weighted by Gasteiger charge is -2.28. The number of halogens is 1. The minimum Gasteiger partial charge on any atom is -0.377 e. The predicted octanol–water partition coefficient (Wildman–Crippen LogP) is 7.00. The van der Waals surface area contributed by atoms with Crippen molar-refractivity contribution in [2.24, 2.45) is 0 Å². The molecule has 178 valence electrons. The molecule has 1 unspecified atom stereocenters. The van der Waals surface area contributed by atoms with E-state index in [-0.39, 0.29) is 22.7 Å². The van der Waals surface area contributed by atoms with E-state index in [0.717, 1.165) is 40.6 Å². The van der Waals surface area contributed by atoms with E-state index < -0.39 is 0 Å². The molecule has 4 nitrogen and oxygen atoms in total. The van der Waals surface area contributed by atoms with Crippen molar-refractivity contribution in [3.63, 3.8) is 0 Å². The Morgan fingerprint density at radius 3 is 2.47 bits per heavy atom. The van der Waals surface area contributed by atoms with E-state index >= 15 is 4.39 Å². The minimum absolute atomic E-state index is 0.154. The van der Waals surface area contributed by atoms with E-state index in [4.69, 9.17) is 9.97 Å². The maximum Gasteiger partial charge on any atom is 0.138 e. The van der Waals surface area contributed by atoms with Crippen LogP contribution in [-0.4, -0.2) is 24.1 Å². The van der Waals surface area contributed by atoms with Crippen LogP contribution in [0, 0.1) is 12.7 Å². The molecule has 3 aromatic rings. The van der Waals surface area contributed by atoms with E-state index in [2.05, 4.69) is 49.4 Å². The van der Waals surface area contributed by atoms with Gasteiger partial charge in [-0.1, -0.05) is 44.2 Å². The van der Waals surface area contributed by atoms with Crippen LogP contribution in [0.25, 0.3) is 10.9 Å². The molecule has 2 aromatic carbocycles. The predicted molar refractivity (Wildman–Crippen MR) is 141 cm³/mol. The normalized spacial score (nSPS) is 15.6. The van der Waals surface area contributed by atoms with Crippen molar-refractivity contribution < 1.29 is 4.39 Å². The summed E-state index contributed by atoms with van der Waals surface area (Å²) in [6.45, 7) is 16.1. The number of hydrogen-bond donors (Lipinski definition) is 1. The molecular weight excluding hydrogens is 423 g/mol. The lowest BCUT2D eigenvalue weighted by molar-refractivity contribution is 0.573. The van der Waals surface area contributed by atoms with Crippen LogP contribution >= 0.6 is 0 Å². The number of allylic oxidation sites excluding steroid dienone is 2. The monoisotopic (exact) mass is 458 g/mol. The molecule has 1 aliphatic carbocycles. The van der Waals surface area contributed by atoms with Crippen molar-refractivity contribution in [1.82, 2.24) is 9.97 Å². The summed E-state index contributed by atoms with van der Waals surface area (Å²) < 4.78 is 15.6. The van der Waals surface area contributed by atoms with Crippen LogP contribution in [0.1, 0.15) is 62.2 Å². The standard InChI is InChI=1S/C29H35FN4/c1-9-28(5,6)23-17-24-21(16-25(23)34(7)8)27(33-19(4)32-24)31-18(3)20-12-11-13-22(26(20)30)29(10-2)14-15-29/h9-13,16-18H,1-2,14-15H2,3-8H3,(H,31,32,33). The third kappa shape index (κ3) is 4.08. The number of benzene rings is 2. The van der Waals surface area contributed by atoms with Gasteiger partial charge in [0.2, 0.25) is 0 Å². The van der Waals surface area contributed by atoms with Crippen molar-refractivity contribution in [3.8, 4) is 0 Å². The third-order valence-corrected chi connectivity index (χ3v) is 7.18. The first kappa shape index (κ1) is 23.9. The lowest BCUT2D eigenvalue weighted by atomic mass is 9.83. The highest BCUT2D eigenvalue weighted by atomic mass is 19.1. The first-order valence-electron chi connectivity index (χ1n) is 11.9. The maximum absolute atomic E-state index is 15.6. The van der Waals surface area contributed by atoms with Crippen LogP contribution in [0.3, 0.4) is 0 Å². The molecule has 0 radical (unpaired) electrons. The number of aromatic nitrogens is 2. The highest BCUT2D eigenvalue weighted by Crippen LogP contribution is 2.50. The van der Waals surface area contributed by atoms with Gasteiger partial charge in [0.05, 0.1) is 11.6 Å². The molecule has 1 aliphatic rings. The zero-order chi connectivity index (χ0) is 24.8. The highest BCUT2D eigenvalue weighted by molar-refractivity contribution is 5.93. The molecule has 0 amide bonds. The van der Waals surface area contributed by atoms with Crippen LogP contribution in [0.4, 0.5) is 15.9 Å². The molecule has 1 saturated carbocycles. The van der Waals surface area contributed by atoms with Crippen molar-refractivity contribution in [2.75, 3.05) is 24.3 Å². The van der Waals surface area contributed by atoms with Gasteiger partial charge in [-0.15, -0.1) is 13.2 Å². The van der Waals surface area contributed by atoms with Gasteiger partial charge in [-0.25, -0.2) is 14.4 Å². The highest BCUT2D eigenvalue weighted by Gasteiger charge is 2.43. The second-order valence-corrected chi connectivity index (χ2v) is 10.3. The fourth-order valence-electron chi connectivity index (χ4n) is 4.66. The quantitative estimate of drug-likeness (QED) is 0.369. The molecule has 1 N–H and O–H groups in total. The van der Waals surface area contributed by atoms with Crippen LogP contribution in [-0.2, 0) is 10.8 Å². The Hall–Kier alpha value is -3.21. The van der Waals surface area contributed by atoms with Gasteiger partial charge in [-0.05, 0) is 49.9 Å². The largest absolute Gasteiger partial charge is 0.377 e. The first-order valence-corrected chi connectivity index (χ1v) is 11.9. The molecule has 5 heteroatoms. The summed E-state index contributed by atoms with van der Waals surface area (Å²) in [6.07, 6.45) is 5.75. The molecule has 0 bridgehead atoms. The van der Waals surface area contributed by atoms with Crippen LogP contribution < -0.4 is 10.2 Å². The Bertz CT molecular complexity index is 1270. The summed E-state index contributed by atoms with van der Waals surface area (Å²) in [7, 11) is 4.06. The van der Waals surface area contributed by atoms with E-state index in [1.807, 2.05) is 58.3 Å². The summed E-state index contributed by atoms with van der Waals surface area (Å²) >= 11 is 0. The number of rotatable bonds is 8. The van der Waals surface area contributed by atoms with E-state index in [1.165, 1.54) is 0 Å². The summed E-state index contributed by atoms with van der Waals surface area (Å²) in [5.41, 5.74) is 4.02. The average molecular weight is 459 g/mol. The van der Waals surface area contributed by atoms with Crippen LogP contribution in [0.5, 0.6) is 0 Å². The van der Waals surface area contributed by atoms with Gasteiger partial charge < -0.3 is 10.2 Å². The number of aryl methyl sites for hydroxylation is 1. The third-order valence-electron chi connectivity index (χ3n) is 7.18. The summed E-state index contributed by atoms with van der Waals surface area (Å²) in [5, 5.41) is 4.39. The van der Waals surface area contributed by atoms with E-state index in [1.54, 1.807) is 0 Å². The number of nitrogens with zero attached hydrogens (tertiary/aromatic N) is 3. The summed E-state index contributed by atoms with van der Waals surface area (Å²) in [6, 6.07) is 9.64. The molecule has 1 fully saturated rings. The molecule has 4 rings (SSSR count). The molecule has 34 heavy (non-hydrogen) atoms. The topological polar surface area (TPSA) is 41.1 Å². The molecule has 1 atom stereocenters. The molecule has 0 spiro atoms. The van der Waals surface area contributed by atoms with Crippen LogP contribution in [0.2, 0.25) is 0 Å². The summed E-state index contributed by atoms with van der Waals surface area (Å²) in [5.74, 6) is 1.22. The molecule has 0 aliphatic heterocycles. The smallest absolute Gasteiger partial charge is 0.138 e. The Balaban J connectivity index is 1.80. The lowest BCUT2D eigenvalue weighted by Crippen LogP contribution is -2.20. The van der Waals surface area contributed by atoms with Gasteiger partial charge in [-0.3, -0.25) is 0 Å². The Labute approximate surface area is 202 Å². The Morgan fingerprint density at radius 2 is 1.88 bits per heavy atom. The van der Waals surface area contributed by atoms with Gasteiger partial charge in [0.1, 0.15) is 17.5 Å². The first-order chi connectivity index (χ1) is 16.0. The molecule has 1 aromatic heterocycles. The fraction of sp³-hybridized carbons (Fsp3) is 0.379. The number of anilines is 2. The molecule has 0 saturated heterocycles. The van der Waals surface area contributed by atoms with Crippen molar-refractivity contribution in [2.45, 2.75) is 57.4 Å². The maximum atomic E-state index is 15.6. The minimum atomic E-state index is -0.273. The molecule has 1 heterocycles. The molecular formula is C29H35FN4. The van der Waals surface area contributed by atoms with Gasteiger partial charge in [-0.2, -0.15) is 0 Å². The number of fused-ring (bicyclic) bond motifs is 1. The van der Waals surface area contributed by atoms with E-state index in [0.29, 0.717) is 17.2 Å². The number of nitrogens with one attached hydrogen (secondary N) is 1. The van der Waals surface area contributed by atoms with Gasteiger partial charge >= 0.3 is 0 Å². The fourth-order valence-corrected chi connectivity index (χ4v) is 4.66. The average Bonchev–Trinajstić information content (AvgIpc) is 3.59. The van der Waals surface area contributed by atoms with E-state index in [9.17, 15) is 0 Å². The van der Waals surface area contributed by atoms with Crippen molar-refractivity contribution in [1.29, 1.82) is 0 Å². The number of hydrogen-bond acceptors (Lipinski definition) is 4. The second-order valence-electron chi connectivity index (χ2n) is 10.3. The Kier molecular flexibility index (Phi) is 6.01. The second kappa shape index (κ2) is 8.53. The SMILES string of the molecule is C=CC(C)(C)c1cc2nc(C)nc(NC(C)c3cccc(C4(C=C)CC4)c3F)c2cc1N(C)C. The van der Waals surface area contributed by atoms with Gasteiger partial charge in [0, 0.05) is 41.6 Å². The van der Waals surface area contributed by atoms with Gasteiger partial charge in [0.25, 0.3) is 0 Å².